The number of hydrogen-bond acceptors (Lipinski definition) is 4. The molecule has 1 heterocycles. The first-order chi connectivity index (χ1) is 9.84. The van der Waals surface area contributed by atoms with Crippen molar-refractivity contribution < 1.29 is 22.3 Å². The Kier molecular flexibility index (Phi) is 4.68. The van der Waals surface area contributed by atoms with Gasteiger partial charge in [0.15, 0.2) is 0 Å². The fourth-order valence-electron chi connectivity index (χ4n) is 2.30. The first-order valence-corrected chi connectivity index (χ1v) is 8.73. The zero-order valence-corrected chi connectivity index (χ0v) is 12.9. The van der Waals surface area contributed by atoms with Gasteiger partial charge in [0.25, 0.3) is 0 Å². The number of benzene rings is 1. The van der Waals surface area contributed by atoms with Gasteiger partial charge in [-0.2, -0.15) is 0 Å². The predicted molar refractivity (Wildman–Crippen MR) is 79.4 cm³/mol. The van der Waals surface area contributed by atoms with E-state index in [9.17, 15) is 17.9 Å². The van der Waals surface area contributed by atoms with Gasteiger partial charge < -0.3 is 9.52 Å². The molecule has 0 fully saturated rings. The van der Waals surface area contributed by atoms with E-state index in [-0.39, 0.29) is 17.3 Å². The van der Waals surface area contributed by atoms with E-state index in [1.54, 1.807) is 13.8 Å². The number of sulfone groups is 1. The van der Waals surface area contributed by atoms with Crippen molar-refractivity contribution >= 4 is 20.8 Å². The summed E-state index contributed by atoms with van der Waals surface area (Å²) in [5.74, 6) is 0.173. The van der Waals surface area contributed by atoms with Crippen molar-refractivity contribution in [1.82, 2.24) is 0 Å². The summed E-state index contributed by atoms with van der Waals surface area (Å²) in [6, 6.07) is 4.19. The summed E-state index contributed by atoms with van der Waals surface area (Å²) in [4.78, 5) is 0. The van der Waals surface area contributed by atoms with E-state index in [1.807, 2.05) is 0 Å². The number of hydrogen-bond donors (Lipinski definition) is 1. The molecule has 0 amide bonds. The van der Waals surface area contributed by atoms with Gasteiger partial charge in [-0.1, -0.05) is 6.92 Å². The van der Waals surface area contributed by atoms with Gasteiger partial charge in [-0.05, 0) is 38.0 Å². The Balaban J connectivity index is 2.13. The molecular formula is C15H19FO4S. The van der Waals surface area contributed by atoms with Crippen molar-refractivity contribution in [1.29, 1.82) is 0 Å². The average Bonchev–Trinajstić information content (AvgIpc) is 2.76. The highest BCUT2D eigenvalue weighted by molar-refractivity contribution is 7.91. The molecule has 0 radical (unpaired) electrons. The molecule has 0 aliphatic carbocycles. The maximum atomic E-state index is 13.2. The van der Waals surface area contributed by atoms with E-state index in [2.05, 4.69) is 0 Å². The Labute approximate surface area is 123 Å². The van der Waals surface area contributed by atoms with Gasteiger partial charge in [0.2, 0.25) is 0 Å². The number of halogens is 1. The smallest absolute Gasteiger partial charge is 0.150 e. The molecule has 1 N–H and O–H groups in total. The standard InChI is InChI=1S/C15H19FO4S/c1-3-21(18,19)8-4-5-13(17)15-10(2)12-9-11(16)6-7-14(12)20-15/h6-7,9,13,17H,3-5,8H2,1-2H3. The highest BCUT2D eigenvalue weighted by Gasteiger charge is 2.19. The number of fused-ring (bicyclic) bond motifs is 1. The molecule has 6 heteroatoms. The maximum absolute atomic E-state index is 13.2. The van der Waals surface area contributed by atoms with Crippen LogP contribution >= 0.6 is 0 Å². The van der Waals surface area contributed by atoms with Crippen molar-refractivity contribution in [2.45, 2.75) is 32.8 Å². The lowest BCUT2D eigenvalue weighted by Crippen LogP contribution is -2.10. The highest BCUT2D eigenvalue weighted by Crippen LogP contribution is 2.31. The van der Waals surface area contributed by atoms with Crippen molar-refractivity contribution in [2.75, 3.05) is 11.5 Å². The molecule has 0 aliphatic rings. The van der Waals surface area contributed by atoms with E-state index < -0.39 is 15.9 Å². The van der Waals surface area contributed by atoms with Gasteiger partial charge in [0.1, 0.15) is 33.1 Å². The second-order valence-electron chi connectivity index (χ2n) is 5.13. The van der Waals surface area contributed by atoms with E-state index in [4.69, 9.17) is 4.42 Å². The molecule has 0 saturated carbocycles. The lowest BCUT2D eigenvalue weighted by Gasteiger charge is -2.08. The Morgan fingerprint density at radius 3 is 2.76 bits per heavy atom. The van der Waals surface area contributed by atoms with Crippen LogP contribution in [0.3, 0.4) is 0 Å². The number of rotatable bonds is 6. The minimum atomic E-state index is -3.03. The molecule has 4 nitrogen and oxygen atoms in total. The van der Waals surface area contributed by atoms with Gasteiger partial charge in [-0.3, -0.25) is 0 Å². The Bertz CT molecular complexity index is 733. The van der Waals surface area contributed by atoms with Crippen LogP contribution in [0.2, 0.25) is 0 Å². The highest BCUT2D eigenvalue weighted by atomic mass is 32.2. The maximum Gasteiger partial charge on any atom is 0.150 e. The molecule has 0 aliphatic heterocycles. The Hall–Kier alpha value is -1.40. The fourth-order valence-corrected chi connectivity index (χ4v) is 3.20. The van der Waals surface area contributed by atoms with Gasteiger partial charge in [0, 0.05) is 16.7 Å². The minimum absolute atomic E-state index is 0.0501. The van der Waals surface area contributed by atoms with E-state index in [1.165, 1.54) is 18.2 Å². The average molecular weight is 314 g/mol. The van der Waals surface area contributed by atoms with Crippen LogP contribution in [0, 0.1) is 12.7 Å². The van der Waals surface area contributed by atoms with Crippen LogP contribution in [0.15, 0.2) is 22.6 Å². The van der Waals surface area contributed by atoms with Gasteiger partial charge in [0.05, 0.1) is 5.75 Å². The number of aliphatic hydroxyl groups is 1. The van der Waals surface area contributed by atoms with Crippen LogP contribution in [0.1, 0.15) is 37.2 Å². The molecule has 2 rings (SSSR count). The monoisotopic (exact) mass is 314 g/mol. The molecular weight excluding hydrogens is 295 g/mol. The third-order valence-corrected chi connectivity index (χ3v) is 5.40. The topological polar surface area (TPSA) is 67.5 Å². The third kappa shape index (κ3) is 3.63. The molecule has 1 aromatic carbocycles. The Morgan fingerprint density at radius 2 is 2.10 bits per heavy atom. The van der Waals surface area contributed by atoms with Crippen LogP contribution < -0.4 is 0 Å². The van der Waals surface area contributed by atoms with Crippen LogP contribution in [0.5, 0.6) is 0 Å². The molecule has 21 heavy (non-hydrogen) atoms. The SMILES string of the molecule is CCS(=O)(=O)CCCC(O)c1oc2ccc(F)cc2c1C. The summed E-state index contributed by atoms with van der Waals surface area (Å²) < 4.78 is 41.6. The molecule has 0 bridgehead atoms. The quantitative estimate of drug-likeness (QED) is 0.889. The van der Waals surface area contributed by atoms with Crippen molar-refractivity contribution in [3.05, 3.63) is 35.3 Å². The lowest BCUT2D eigenvalue weighted by molar-refractivity contribution is 0.141. The normalized spacial score (nSPS) is 13.7. The first-order valence-electron chi connectivity index (χ1n) is 6.91. The summed E-state index contributed by atoms with van der Waals surface area (Å²) in [7, 11) is -3.03. The van der Waals surface area contributed by atoms with Gasteiger partial charge in [-0.25, -0.2) is 12.8 Å². The largest absolute Gasteiger partial charge is 0.458 e. The molecule has 2 aromatic rings. The lowest BCUT2D eigenvalue weighted by atomic mass is 10.1. The van der Waals surface area contributed by atoms with E-state index in [0.29, 0.717) is 35.1 Å². The molecule has 0 spiro atoms. The first kappa shape index (κ1) is 16.0. The fraction of sp³-hybridized carbons (Fsp3) is 0.467. The predicted octanol–water partition coefficient (Wildman–Crippen LogP) is 3.13. The molecule has 1 atom stereocenters. The van der Waals surface area contributed by atoms with E-state index >= 15 is 0 Å². The number of aryl methyl sites for hydroxylation is 1. The Morgan fingerprint density at radius 1 is 1.38 bits per heavy atom. The zero-order valence-electron chi connectivity index (χ0n) is 12.1. The van der Waals surface area contributed by atoms with Crippen molar-refractivity contribution in [3.8, 4) is 0 Å². The second-order valence-corrected chi connectivity index (χ2v) is 7.60. The summed E-state index contributed by atoms with van der Waals surface area (Å²) in [6.45, 7) is 3.36. The number of aliphatic hydroxyl groups excluding tert-OH is 1. The number of furan rings is 1. The molecule has 1 aromatic heterocycles. The molecule has 1 unspecified atom stereocenters. The van der Waals surface area contributed by atoms with Crippen LogP contribution in [-0.4, -0.2) is 25.0 Å². The molecule has 0 saturated heterocycles. The summed E-state index contributed by atoms with van der Waals surface area (Å²) >= 11 is 0. The van der Waals surface area contributed by atoms with E-state index in [0.717, 1.165) is 0 Å². The summed E-state index contributed by atoms with van der Waals surface area (Å²) in [5.41, 5.74) is 1.21. The second kappa shape index (κ2) is 6.15. The third-order valence-electron chi connectivity index (χ3n) is 3.61. The van der Waals surface area contributed by atoms with Crippen LogP contribution in [-0.2, 0) is 9.84 Å². The van der Waals surface area contributed by atoms with Gasteiger partial charge >= 0.3 is 0 Å². The zero-order chi connectivity index (χ0) is 15.6. The minimum Gasteiger partial charge on any atom is -0.458 e. The molecule has 116 valence electrons. The summed E-state index contributed by atoms with van der Waals surface area (Å²) in [6.07, 6.45) is -0.225. The van der Waals surface area contributed by atoms with Crippen molar-refractivity contribution in [2.24, 2.45) is 0 Å². The van der Waals surface area contributed by atoms with Crippen LogP contribution in [0.25, 0.3) is 11.0 Å². The van der Waals surface area contributed by atoms with Crippen LogP contribution in [0.4, 0.5) is 4.39 Å². The summed E-state index contributed by atoms with van der Waals surface area (Å²) in [5, 5.41) is 10.8. The van der Waals surface area contributed by atoms with Gasteiger partial charge in [-0.15, -0.1) is 0 Å². The van der Waals surface area contributed by atoms with Crippen molar-refractivity contribution in [3.63, 3.8) is 0 Å².